The first kappa shape index (κ1) is 12.9. The Kier molecular flexibility index (Phi) is 3.70. The fraction of sp³-hybridized carbons (Fsp3) is 0.538. The predicted molar refractivity (Wildman–Crippen MR) is 79.6 cm³/mol. The summed E-state index contributed by atoms with van der Waals surface area (Å²) in [6.07, 6.45) is 4.35. The van der Waals surface area contributed by atoms with Crippen LogP contribution in [0.2, 0.25) is 0 Å². The number of pyridine rings is 1. The highest BCUT2D eigenvalue weighted by Gasteiger charge is 2.21. The summed E-state index contributed by atoms with van der Waals surface area (Å²) in [5.74, 6) is 1.62. The standard InChI is InChI=1S/C13H18BrN5/c1-15-9-10-4-7-18(8-5-10)13-16-12-11(14)3-2-6-19(12)17-13/h2-3,6,10,15H,4-5,7-9H2,1H3. The van der Waals surface area contributed by atoms with E-state index in [-0.39, 0.29) is 0 Å². The van der Waals surface area contributed by atoms with Gasteiger partial charge in [0.05, 0.1) is 4.47 Å². The van der Waals surface area contributed by atoms with Gasteiger partial charge in [-0.2, -0.15) is 4.98 Å². The maximum absolute atomic E-state index is 4.62. The SMILES string of the molecule is CNCC1CCN(c2nc3c(Br)cccn3n2)CC1. The second kappa shape index (κ2) is 5.46. The third kappa shape index (κ3) is 2.60. The molecular formula is C13H18BrN5. The van der Waals surface area contributed by atoms with Crippen LogP contribution in [0.4, 0.5) is 5.95 Å². The summed E-state index contributed by atoms with van der Waals surface area (Å²) in [7, 11) is 2.02. The molecular weight excluding hydrogens is 306 g/mol. The van der Waals surface area contributed by atoms with Crippen LogP contribution in [0.3, 0.4) is 0 Å². The zero-order valence-electron chi connectivity index (χ0n) is 11.0. The number of piperidine rings is 1. The number of nitrogens with zero attached hydrogens (tertiary/aromatic N) is 4. The molecule has 0 bridgehead atoms. The van der Waals surface area contributed by atoms with Gasteiger partial charge in [0, 0.05) is 19.3 Å². The lowest BCUT2D eigenvalue weighted by Gasteiger charge is -2.30. The molecule has 5 nitrogen and oxygen atoms in total. The number of nitrogens with one attached hydrogen (secondary N) is 1. The summed E-state index contributed by atoms with van der Waals surface area (Å²) in [5, 5.41) is 7.81. The van der Waals surface area contributed by atoms with E-state index >= 15 is 0 Å². The third-order valence-electron chi connectivity index (χ3n) is 3.69. The van der Waals surface area contributed by atoms with Gasteiger partial charge in [-0.25, -0.2) is 4.52 Å². The van der Waals surface area contributed by atoms with Crippen LogP contribution in [0, 0.1) is 5.92 Å². The molecule has 1 aliphatic heterocycles. The first-order chi connectivity index (χ1) is 9.28. The van der Waals surface area contributed by atoms with Gasteiger partial charge in [0.2, 0.25) is 5.95 Å². The topological polar surface area (TPSA) is 45.5 Å². The fourth-order valence-corrected chi connectivity index (χ4v) is 3.05. The predicted octanol–water partition coefficient (Wildman–Crippen LogP) is 1.93. The van der Waals surface area contributed by atoms with Crippen LogP contribution >= 0.6 is 15.9 Å². The van der Waals surface area contributed by atoms with Crippen molar-refractivity contribution >= 4 is 27.5 Å². The van der Waals surface area contributed by atoms with E-state index in [1.165, 1.54) is 12.8 Å². The van der Waals surface area contributed by atoms with Crippen molar-refractivity contribution in [3.05, 3.63) is 22.8 Å². The summed E-state index contributed by atoms with van der Waals surface area (Å²) in [5.41, 5.74) is 0.884. The third-order valence-corrected chi connectivity index (χ3v) is 4.31. The van der Waals surface area contributed by atoms with Gasteiger partial charge in [0.15, 0.2) is 5.65 Å². The Morgan fingerprint density at radius 3 is 2.89 bits per heavy atom. The molecule has 1 fully saturated rings. The number of halogens is 1. The first-order valence-electron chi connectivity index (χ1n) is 6.68. The highest BCUT2D eigenvalue weighted by atomic mass is 79.9. The van der Waals surface area contributed by atoms with Crippen molar-refractivity contribution in [2.75, 3.05) is 31.6 Å². The molecule has 0 atom stereocenters. The lowest BCUT2D eigenvalue weighted by Crippen LogP contribution is -2.37. The molecule has 1 saturated heterocycles. The molecule has 2 aromatic rings. The molecule has 0 aliphatic carbocycles. The van der Waals surface area contributed by atoms with Gasteiger partial charge in [-0.15, -0.1) is 5.10 Å². The van der Waals surface area contributed by atoms with Crippen LogP contribution in [-0.4, -0.2) is 41.3 Å². The molecule has 1 N–H and O–H groups in total. The van der Waals surface area contributed by atoms with Crippen molar-refractivity contribution in [1.29, 1.82) is 0 Å². The van der Waals surface area contributed by atoms with E-state index in [1.807, 2.05) is 29.9 Å². The largest absolute Gasteiger partial charge is 0.339 e. The van der Waals surface area contributed by atoms with Gasteiger partial charge in [0.1, 0.15) is 0 Å². The average molecular weight is 324 g/mol. The lowest BCUT2D eigenvalue weighted by molar-refractivity contribution is 0.391. The van der Waals surface area contributed by atoms with E-state index < -0.39 is 0 Å². The first-order valence-corrected chi connectivity index (χ1v) is 7.47. The molecule has 0 amide bonds. The van der Waals surface area contributed by atoms with E-state index in [2.05, 4.69) is 36.2 Å². The Morgan fingerprint density at radius 2 is 2.21 bits per heavy atom. The summed E-state index contributed by atoms with van der Waals surface area (Å²) < 4.78 is 2.82. The molecule has 1 aliphatic rings. The second-order valence-corrected chi connectivity index (χ2v) is 5.88. The Balaban J connectivity index is 1.77. The maximum Gasteiger partial charge on any atom is 0.245 e. The van der Waals surface area contributed by atoms with Crippen LogP contribution in [0.15, 0.2) is 22.8 Å². The monoisotopic (exact) mass is 323 g/mol. The zero-order chi connectivity index (χ0) is 13.2. The average Bonchev–Trinajstić information content (AvgIpc) is 2.85. The van der Waals surface area contributed by atoms with Crippen LogP contribution in [0.1, 0.15) is 12.8 Å². The molecule has 19 heavy (non-hydrogen) atoms. The molecule has 0 unspecified atom stereocenters. The molecule has 0 saturated carbocycles. The Labute approximate surface area is 121 Å². The summed E-state index contributed by atoms with van der Waals surface area (Å²) in [4.78, 5) is 6.91. The maximum atomic E-state index is 4.62. The minimum absolute atomic E-state index is 0.782. The van der Waals surface area contributed by atoms with Crippen LogP contribution in [0.25, 0.3) is 5.65 Å². The quantitative estimate of drug-likeness (QED) is 0.937. The van der Waals surface area contributed by atoms with Crippen molar-refractivity contribution in [1.82, 2.24) is 19.9 Å². The van der Waals surface area contributed by atoms with E-state index in [4.69, 9.17) is 0 Å². The Bertz CT molecular complexity index is 559. The van der Waals surface area contributed by atoms with Crippen molar-refractivity contribution in [2.24, 2.45) is 5.92 Å². The summed E-state index contributed by atoms with van der Waals surface area (Å²) >= 11 is 3.51. The van der Waals surface area contributed by atoms with Gasteiger partial charge in [0.25, 0.3) is 0 Å². The van der Waals surface area contributed by atoms with Crippen molar-refractivity contribution in [3.63, 3.8) is 0 Å². The Hall–Kier alpha value is -1.14. The molecule has 0 aromatic carbocycles. The number of hydrogen-bond acceptors (Lipinski definition) is 4. The van der Waals surface area contributed by atoms with Crippen molar-refractivity contribution < 1.29 is 0 Å². The van der Waals surface area contributed by atoms with E-state index in [0.717, 1.165) is 41.6 Å². The highest BCUT2D eigenvalue weighted by molar-refractivity contribution is 9.10. The molecule has 3 heterocycles. The zero-order valence-corrected chi connectivity index (χ0v) is 12.6. The number of anilines is 1. The van der Waals surface area contributed by atoms with Gasteiger partial charge >= 0.3 is 0 Å². The minimum Gasteiger partial charge on any atom is -0.339 e. The molecule has 2 aromatic heterocycles. The number of aromatic nitrogens is 3. The Morgan fingerprint density at radius 1 is 1.42 bits per heavy atom. The smallest absolute Gasteiger partial charge is 0.245 e. The number of fused-ring (bicyclic) bond motifs is 1. The summed E-state index contributed by atoms with van der Waals surface area (Å²) in [6.45, 7) is 3.19. The second-order valence-electron chi connectivity index (χ2n) is 5.02. The van der Waals surface area contributed by atoms with Gasteiger partial charge < -0.3 is 10.2 Å². The van der Waals surface area contributed by atoms with E-state index in [0.29, 0.717) is 0 Å². The summed E-state index contributed by atoms with van der Waals surface area (Å²) in [6, 6.07) is 3.96. The minimum atomic E-state index is 0.782. The molecule has 0 radical (unpaired) electrons. The highest BCUT2D eigenvalue weighted by Crippen LogP contribution is 2.23. The van der Waals surface area contributed by atoms with Crippen molar-refractivity contribution in [2.45, 2.75) is 12.8 Å². The number of hydrogen-bond donors (Lipinski definition) is 1. The van der Waals surface area contributed by atoms with Crippen LogP contribution in [0.5, 0.6) is 0 Å². The molecule has 6 heteroatoms. The normalized spacial score (nSPS) is 17.3. The van der Waals surface area contributed by atoms with Crippen molar-refractivity contribution in [3.8, 4) is 0 Å². The fourth-order valence-electron chi connectivity index (χ4n) is 2.62. The van der Waals surface area contributed by atoms with Gasteiger partial charge in [-0.1, -0.05) is 0 Å². The van der Waals surface area contributed by atoms with Gasteiger partial charge in [-0.3, -0.25) is 0 Å². The number of rotatable bonds is 3. The van der Waals surface area contributed by atoms with Crippen LogP contribution in [-0.2, 0) is 0 Å². The van der Waals surface area contributed by atoms with E-state index in [9.17, 15) is 0 Å². The molecule has 102 valence electrons. The molecule has 3 rings (SSSR count). The van der Waals surface area contributed by atoms with Crippen LogP contribution < -0.4 is 10.2 Å². The lowest BCUT2D eigenvalue weighted by atomic mass is 9.97. The van der Waals surface area contributed by atoms with Gasteiger partial charge in [-0.05, 0) is 60.4 Å². The van der Waals surface area contributed by atoms with E-state index in [1.54, 1.807) is 0 Å². The molecule has 0 spiro atoms.